The maximum absolute atomic E-state index is 11.2. The third kappa shape index (κ3) is 5.66. The number of rotatable bonds is 6. The van der Waals surface area contributed by atoms with Gasteiger partial charge in [-0.05, 0) is 30.3 Å². The Kier molecular flexibility index (Phi) is 6.78. The van der Waals surface area contributed by atoms with Crippen LogP contribution in [0.1, 0.15) is 41.0 Å². The van der Waals surface area contributed by atoms with Crippen molar-refractivity contribution in [3.8, 4) is 0 Å². The topological polar surface area (TPSA) is 55.4 Å². The normalized spacial score (nSPS) is 15.5. The summed E-state index contributed by atoms with van der Waals surface area (Å²) in [5.74, 6) is 1.10. The number of allylic oxidation sites excluding steroid dienone is 1. The lowest BCUT2D eigenvalue weighted by Gasteiger charge is -2.21. The average Bonchev–Trinajstić information content (AvgIpc) is 2.21. The van der Waals surface area contributed by atoms with Crippen molar-refractivity contribution in [2.75, 3.05) is 7.05 Å². The smallest absolute Gasteiger partial charge is 0.266 e. The molecule has 0 aromatic carbocycles. The maximum Gasteiger partial charge on any atom is 0.266 e. The molecule has 1 atom stereocenters. The zero-order chi connectivity index (χ0) is 13.6. The van der Waals surface area contributed by atoms with Gasteiger partial charge in [0.2, 0.25) is 0 Å². The molecule has 0 aromatic rings. The molecule has 2 N–H and O–H groups in total. The zero-order valence-electron chi connectivity index (χ0n) is 11.9. The van der Waals surface area contributed by atoms with Crippen molar-refractivity contribution in [2.24, 2.45) is 28.5 Å². The summed E-state index contributed by atoms with van der Waals surface area (Å²) in [5, 5.41) is 0. The van der Waals surface area contributed by atoms with Gasteiger partial charge in [-0.2, -0.15) is 0 Å². The van der Waals surface area contributed by atoms with E-state index in [4.69, 9.17) is 5.73 Å². The van der Waals surface area contributed by atoms with Crippen LogP contribution in [0.25, 0.3) is 0 Å². The first kappa shape index (κ1) is 15.9. The molecule has 3 nitrogen and oxygen atoms in total. The van der Waals surface area contributed by atoms with E-state index in [-0.39, 0.29) is 0 Å². The van der Waals surface area contributed by atoms with Gasteiger partial charge in [0.25, 0.3) is 5.91 Å². The Hall–Kier alpha value is -1.12. The van der Waals surface area contributed by atoms with Crippen LogP contribution in [0.5, 0.6) is 0 Å². The van der Waals surface area contributed by atoms with Crippen LogP contribution in [0.2, 0.25) is 0 Å². The third-order valence-electron chi connectivity index (χ3n) is 3.04. The summed E-state index contributed by atoms with van der Waals surface area (Å²) in [7, 11) is 1.60. The molecule has 0 aliphatic carbocycles. The summed E-state index contributed by atoms with van der Waals surface area (Å²) in [6, 6.07) is 0. The largest absolute Gasteiger partial charge is 0.364 e. The monoisotopic (exact) mass is 238 g/mol. The number of hydrogen-bond donors (Lipinski definition) is 1. The first-order valence-corrected chi connectivity index (χ1v) is 6.26. The lowest BCUT2D eigenvalue weighted by molar-refractivity contribution is -0.111. The van der Waals surface area contributed by atoms with Gasteiger partial charge in [-0.25, -0.2) is 0 Å². The van der Waals surface area contributed by atoms with Gasteiger partial charge in [-0.15, -0.1) is 0 Å². The molecule has 17 heavy (non-hydrogen) atoms. The van der Waals surface area contributed by atoms with Crippen LogP contribution in [-0.2, 0) is 4.79 Å². The van der Waals surface area contributed by atoms with Gasteiger partial charge in [0.1, 0.15) is 5.71 Å². The molecular formula is C14H26N2O. The van der Waals surface area contributed by atoms with Crippen molar-refractivity contribution in [2.45, 2.75) is 41.0 Å². The van der Waals surface area contributed by atoms with E-state index in [9.17, 15) is 4.79 Å². The van der Waals surface area contributed by atoms with E-state index in [0.717, 1.165) is 6.42 Å². The summed E-state index contributed by atoms with van der Waals surface area (Å²) in [5.41, 5.74) is 6.92. The number of nitrogens with zero attached hydrogens (tertiary/aromatic N) is 1. The summed E-state index contributed by atoms with van der Waals surface area (Å²) < 4.78 is 0. The molecule has 0 fully saturated rings. The molecule has 1 amide bonds. The highest BCUT2D eigenvalue weighted by molar-refractivity contribution is 6.42. The number of amides is 1. The Bertz CT molecular complexity index is 314. The van der Waals surface area contributed by atoms with Crippen LogP contribution in [0.3, 0.4) is 0 Å². The second-order valence-electron chi connectivity index (χ2n) is 5.32. The van der Waals surface area contributed by atoms with Crippen molar-refractivity contribution >= 4 is 11.6 Å². The van der Waals surface area contributed by atoms with Crippen LogP contribution in [0.15, 0.2) is 16.6 Å². The number of carbonyl (C=O) groups excluding carboxylic acids is 1. The van der Waals surface area contributed by atoms with Crippen molar-refractivity contribution in [1.82, 2.24) is 0 Å². The van der Waals surface area contributed by atoms with Crippen LogP contribution in [0.4, 0.5) is 0 Å². The Labute approximate surface area is 105 Å². The van der Waals surface area contributed by atoms with E-state index >= 15 is 0 Å². The number of primary amides is 1. The fourth-order valence-corrected chi connectivity index (χ4v) is 1.70. The molecule has 0 aromatic heterocycles. The Morgan fingerprint density at radius 2 is 1.76 bits per heavy atom. The zero-order valence-corrected chi connectivity index (χ0v) is 11.9. The molecular weight excluding hydrogens is 212 g/mol. The van der Waals surface area contributed by atoms with Crippen LogP contribution in [-0.4, -0.2) is 18.7 Å². The van der Waals surface area contributed by atoms with Gasteiger partial charge in [-0.1, -0.05) is 40.2 Å². The van der Waals surface area contributed by atoms with Gasteiger partial charge in [0.15, 0.2) is 0 Å². The van der Waals surface area contributed by atoms with Crippen LogP contribution < -0.4 is 5.73 Å². The lowest BCUT2D eigenvalue weighted by atomic mass is 9.84. The fourth-order valence-electron chi connectivity index (χ4n) is 1.70. The van der Waals surface area contributed by atoms with Crippen molar-refractivity contribution in [1.29, 1.82) is 0 Å². The van der Waals surface area contributed by atoms with Gasteiger partial charge < -0.3 is 5.73 Å². The van der Waals surface area contributed by atoms with Crippen molar-refractivity contribution in [3.05, 3.63) is 11.6 Å². The lowest BCUT2D eigenvalue weighted by Crippen LogP contribution is -2.23. The fraction of sp³-hybridized carbons (Fsp3) is 0.714. The van der Waals surface area contributed by atoms with E-state index in [1.165, 1.54) is 5.57 Å². The summed E-state index contributed by atoms with van der Waals surface area (Å²) in [4.78, 5) is 15.1. The summed E-state index contributed by atoms with van der Waals surface area (Å²) in [6.45, 7) is 10.9. The molecule has 0 heterocycles. The van der Waals surface area contributed by atoms with E-state index in [0.29, 0.717) is 23.5 Å². The Balaban J connectivity index is 5.16. The summed E-state index contributed by atoms with van der Waals surface area (Å²) in [6.07, 6.45) is 2.85. The predicted octanol–water partition coefficient (Wildman–Crippen LogP) is 2.81. The molecule has 0 radical (unpaired) electrons. The molecule has 0 spiro atoms. The van der Waals surface area contributed by atoms with Gasteiger partial charge in [0.05, 0.1) is 0 Å². The molecule has 0 aliphatic rings. The molecule has 0 saturated carbocycles. The third-order valence-corrected chi connectivity index (χ3v) is 3.04. The minimum Gasteiger partial charge on any atom is -0.364 e. The van der Waals surface area contributed by atoms with Crippen molar-refractivity contribution in [3.63, 3.8) is 0 Å². The number of aliphatic imine (C=N–C) groups is 1. The minimum absolute atomic E-state index is 0.369. The second-order valence-corrected chi connectivity index (χ2v) is 5.32. The van der Waals surface area contributed by atoms with E-state index < -0.39 is 5.91 Å². The Morgan fingerprint density at radius 1 is 1.24 bits per heavy atom. The van der Waals surface area contributed by atoms with E-state index in [1.54, 1.807) is 7.05 Å². The Morgan fingerprint density at radius 3 is 2.06 bits per heavy atom. The molecule has 98 valence electrons. The van der Waals surface area contributed by atoms with Crippen LogP contribution in [0, 0.1) is 17.8 Å². The van der Waals surface area contributed by atoms with Gasteiger partial charge >= 0.3 is 0 Å². The maximum atomic E-state index is 11.2. The quantitative estimate of drug-likeness (QED) is 0.711. The van der Waals surface area contributed by atoms with Gasteiger partial charge in [-0.3, -0.25) is 9.79 Å². The number of hydrogen-bond acceptors (Lipinski definition) is 2. The van der Waals surface area contributed by atoms with Crippen LogP contribution >= 0.6 is 0 Å². The minimum atomic E-state index is -0.454. The number of nitrogens with two attached hydrogens (primary N) is 1. The highest BCUT2D eigenvalue weighted by atomic mass is 16.1. The number of carbonyl (C=O) groups is 1. The molecule has 0 rings (SSSR count). The predicted molar refractivity (Wildman–Crippen MR) is 74.1 cm³/mol. The molecule has 3 heteroatoms. The first-order valence-electron chi connectivity index (χ1n) is 6.26. The molecule has 1 unspecified atom stereocenters. The first-order chi connectivity index (χ1) is 7.79. The van der Waals surface area contributed by atoms with E-state index in [1.807, 2.05) is 6.08 Å². The highest BCUT2D eigenvalue weighted by Gasteiger charge is 2.16. The van der Waals surface area contributed by atoms with Gasteiger partial charge in [0, 0.05) is 7.05 Å². The van der Waals surface area contributed by atoms with E-state index in [2.05, 4.69) is 39.6 Å². The molecule has 0 aliphatic heterocycles. The highest BCUT2D eigenvalue weighted by Crippen LogP contribution is 2.25. The summed E-state index contributed by atoms with van der Waals surface area (Å²) >= 11 is 0. The molecule has 0 saturated heterocycles. The van der Waals surface area contributed by atoms with Crippen molar-refractivity contribution < 1.29 is 4.79 Å². The molecule has 0 bridgehead atoms. The standard InChI is InChI=1S/C14H26N2O/c1-9(2)7-12(11(5)10(3)4)8-13(16-6)14(15)17/h8-11H,7H2,1-6H3,(H2,15,17)/b12-8-,16-13?. The SMILES string of the molecule is CN=C(/C=C(/CC(C)C)C(C)C(C)C)C(N)=O. The second kappa shape index (κ2) is 7.25. The average molecular weight is 238 g/mol.